The molecule has 2 heterocycles. The second-order valence-electron chi connectivity index (χ2n) is 10.9. The van der Waals surface area contributed by atoms with Crippen molar-refractivity contribution < 1.29 is 4.79 Å². The molecular weight excluding hydrogens is 344 g/mol. The molecule has 0 aromatic carbocycles. The van der Waals surface area contributed by atoms with Gasteiger partial charge in [-0.3, -0.25) is 9.78 Å². The molecule has 3 saturated carbocycles. The summed E-state index contributed by atoms with van der Waals surface area (Å²) in [5.41, 5.74) is 3.93. The maximum Gasteiger partial charge on any atom is 0.220 e. The number of nitrogens with one attached hydrogen (secondary N) is 1. The lowest BCUT2D eigenvalue weighted by atomic mass is 9.45. The average molecular weight is 377 g/mol. The van der Waals surface area contributed by atoms with E-state index in [4.69, 9.17) is 0 Å². The second kappa shape index (κ2) is 5.49. The standard InChI is InChI=1S/C25H32N2O/c1-23-10-8-20-17(19(23)6-5-18(23)16-4-3-13-26-15-16)7-12-25-14-21(25)27-22(28)9-11-24(20,25)2/h3-5,13,15,17,19-21H,6-12,14H2,1-2H3,(H,27,28)/t17-,19-,20?,21?,23+,24+,25?/m0/s1. The Hall–Kier alpha value is -1.64. The normalized spacial score (nSPS) is 48.9. The van der Waals surface area contributed by atoms with Crippen LogP contribution >= 0.6 is 0 Å². The fourth-order valence-electron chi connectivity index (χ4n) is 8.57. The van der Waals surface area contributed by atoms with Crippen LogP contribution in [-0.4, -0.2) is 16.9 Å². The van der Waals surface area contributed by atoms with Gasteiger partial charge >= 0.3 is 0 Å². The summed E-state index contributed by atoms with van der Waals surface area (Å²) in [7, 11) is 0. The van der Waals surface area contributed by atoms with Gasteiger partial charge in [-0.05, 0) is 96.1 Å². The van der Waals surface area contributed by atoms with E-state index in [2.05, 4.69) is 48.6 Å². The highest BCUT2D eigenvalue weighted by atomic mass is 16.1. The van der Waals surface area contributed by atoms with Gasteiger partial charge in [0.15, 0.2) is 0 Å². The molecule has 7 atom stereocenters. The van der Waals surface area contributed by atoms with Gasteiger partial charge in [0.1, 0.15) is 0 Å². The van der Waals surface area contributed by atoms with E-state index < -0.39 is 0 Å². The molecule has 1 amide bonds. The number of aromatic nitrogens is 1. The predicted octanol–water partition coefficient (Wildman–Crippen LogP) is 4.99. The molecule has 3 nitrogen and oxygen atoms in total. The van der Waals surface area contributed by atoms with Gasteiger partial charge in [0.05, 0.1) is 0 Å². The number of carbonyl (C=O) groups excluding carboxylic acids is 1. The number of fused-ring (bicyclic) bond motifs is 4. The number of pyridine rings is 1. The number of rotatable bonds is 1. The summed E-state index contributed by atoms with van der Waals surface area (Å²) in [6.45, 7) is 5.10. The van der Waals surface area contributed by atoms with E-state index in [0.29, 0.717) is 28.2 Å². The first-order chi connectivity index (χ1) is 13.5. The Balaban J connectivity index is 1.34. The Morgan fingerprint density at radius 1 is 1.14 bits per heavy atom. The fraction of sp³-hybridized carbons (Fsp3) is 0.680. The lowest BCUT2D eigenvalue weighted by Crippen LogP contribution is -2.53. The van der Waals surface area contributed by atoms with Crippen LogP contribution in [0.3, 0.4) is 0 Å². The van der Waals surface area contributed by atoms with Gasteiger partial charge in [0, 0.05) is 24.9 Å². The molecule has 1 aliphatic heterocycles. The van der Waals surface area contributed by atoms with E-state index in [1.807, 2.05) is 6.20 Å². The molecule has 1 saturated heterocycles. The van der Waals surface area contributed by atoms with Crippen molar-refractivity contribution in [2.45, 2.75) is 71.3 Å². The monoisotopic (exact) mass is 376 g/mol. The number of amides is 1. The molecule has 4 aliphatic carbocycles. The fourth-order valence-corrected chi connectivity index (χ4v) is 8.57. The Labute approximate surface area is 168 Å². The number of carbonyl (C=O) groups is 1. The molecule has 1 N–H and O–H groups in total. The lowest BCUT2D eigenvalue weighted by Gasteiger charge is -2.59. The molecule has 28 heavy (non-hydrogen) atoms. The second-order valence-corrected chi connectivity index (χ2v) is 10.9. The molecule has 6 rings (SSSR count). The molecule has 1 aromatic rings. The summed E-state index contributed by atoms with van der Waals surface area (Å²) >= 11 is 0. The van der Waals surface area contributed by atoms with Crippen LogP contribution in [0.2, 0.25) is 0 Å². The van der Waals surface area contributed by atoms with Gasteiger partial charge in [-0.1, -0.05) is 26.0 Å². The van der Waals surface area contributed by atoms with Gasteiger partial charge in [-0.25, -0.2) is 0 Å². The van der Waals surface area contributed by atoms with Crippen LogP contribution in [0.15, 0.2) is 30.6 Å². The summed E-state index contributed by atoms with van der Waals surface area (Å²) in [5.74, 6) is 2.67. The minimum atomic E-state index is 0.298. The minimum Gasteiger partial charge on any atom is -0.353 e. The molecule has 1 aromatic heterocycles. The summed E-state index contributed by atoms with van der Waals surface area (Å²) < 4.78 is 0. The van der Waals surface area contributed by atoms with Crippen molar-refractivity contribution in [1.29, 1.82) is 0 Å². The smallest absolute Gasteiger partial charge is 0.220 e. The zero-order valence-corrected chi connectivity index (χ0v) is 17.2. The summed E-state index contributed by atoms with van der Waals surface area (Å²) in [6, 6.07) is 4.79. The van der Waals surface area contributed by atoms with Gasteiger partial charge < -0.3 is 5.32 Å². The molecule has 3 unspecified atom stereocenters. The first kappa shape index (κ1) is 17.2. The van der Waals surface area contributed by atoms with Crippen molar-refractivity contribution >= 4 is 11.5 Å². The number of hydrogen-bond acceptors (Lipinski definition) is 2. The SMILES string of the molecule is C[C@]12CCC3[C@@H](CCC45CC4NC(=O)CC[C@]35C)[C@@H]1CC=C2c1cccnc1. The Kier molecular flexibility index (Phi) is 3.38. The van der Waals surface area contributed by atoms with Crippen LogP contribution < -0.4 is 5.32 Å². The molecule has 0 radical (unpaired) electrons. The van der Waals surface area contributed by atoms with E-state index in [1.54, 1.807) is 5.57 Å². The maximum atomic E-state index is 12.3. The van der Waals surface area contributed by atoms with Crippen LogP contribution in [0.1, 0.15) is 70.8 Å². The van der Waals surface area contributed by atoms with Crippen molar-refractivity contribution in [2.75, 3.05) is 0 Å². The first-order valence-corrected chi connectivity index (χ1v) is 11.4. The third-order valence-electron chi connectivity index (χ3n) is 10.2. The molecule has 1 spiro atoms. The summed E-state index contributed by atoms with van der Waals surface area (Å²) in [4.78, 5) is 16.7. The Morgan fingerprint density at radius 3 is 2.86 bits per heavy atom. The molecule has 5 aliphatic rings. The van der Waals surface area contributed by atoms with E-state index in [0.717, 1.165) is 30.6 Å². The highest BCUT2D eigenvalue weighted by Gasteiger charge is 2.71. The molecular formula is C25H32N2O. The number of allylic oxidation sites excluding steroid dienone is 2. The van der Waals surface area contributed by atoms with E-state index >= 15 is 0 Å². The van der Waals surface area contributed by atoms with Crippen LogP contribution in [0.4, 0.5) is 0 Å². The van der Waals surface area contributed by atoms with E-state index in [-0.39, 0.29) is 0 Å². The quantitative estimate of drug-likeness (QED) is 0.750. The van der Waals surface area contributed by atoms with Crippen LogP contribution in [0.25, 0.3) is 5.57 Å². The number of nitrogens with zero attached hydrogens (tertiary/aromatic N) is 1. The van der Waals surface area contributed by atoms with Crippen molar-refractivity contribution in [3.05, 3.63) is 36.2 Å². The Bertz CT molecular complexity index is 863. The summed E-state index contributed by atoms with van der Waals surface area (Å²) in [6.07, 6.45) is 16.1. The highest BCUT2D eigenvalue weighted by molar-refractivity contribution is 5.77. The van der Waals surface area contributed by atoms with Gasteiger partial charge in [0.25, 0.3) is 0 Å². The average Bonchev–Trinajstić information content (AvgIpc) is 3.29. The number of hydrogen-bond donors (Lipinski definition) is 1. The third kappa shape index (κ3) is 2.01. The molecule has 0 bridgehead atoms. The van der Waals surface area contributed by atoms with Crippen LogP contribution in [-0.2, 0) is 4.79 Å². The van der Waals surface area contributed by atoms with E-state index in [9.17, 15) is 4.79 Å². The van der Waals surface area contributed by atoms with Gasteiger partial charge in [-0.2, -0.15) is 0 Å². The molecule has 148 valence electrons. The first-order valence-electron chi connectivity index (χ1n) is 11.4. The van der Waals surface area contributed by atoms with Crippen LogP contribution in [0.5, 0.6) is 0 Å². The van der Waals surface area contributed by atoms with Crippen molar-refractivity contribution in [1.82, 2.24) is 10.3 Å². The third-order valence-corrected chi connectivity index (χ3v) is 10.2. The lowest BCUT2D eigenvalue weighted by molar-refractivity contribution is -0.122. The van der Waals surface area contributed by atoms with Gasteiger partial charge in [0.2, 0.25) is 5.91 Å². The van der Waals surface area contributed by atoms with E-state index in [1.165, 1.54) is 44.1 Å². The largest absolute Gasteiger partial charge is 0.353 e. The molecule has 3 heteroatoms. The van der Waals surface area contributed by atoms with Crippen molar-refractivity contribution in [2.24, 2.45) is 34.0 Å². The van der Waals surface area contributed by atoms with Gasteiger partial charge in [-0.15, -0.1) is 0 Å². The predicted molar refractivity (Wildman–Crippen MR) is 110 cm³/mol. The van der Waals surface area contributed by atoms with Crippen molar-refractivity contribution in [3.63, 3.8) is 0 Å². The maximum absolute atomic E-state index is 12.3. The summed E-state index contributed by atoms with van der Waals surface area (Å²) in [5, 5.41) is 3.35. The highest BCUT2D eigenvalue weighted by Crippen LogP contribution is 2.75. The zero-order valence-electron chi connectivity index (χ0n) is 17.2. The minimum absolute atomic E-state index is 0.298. The topological polar surface area (TPSA) is 42.0 Å². The molecule has 4 fully saturated rings. The zero-order chi connectivity index (χ0) is 19.1. The van der Waals surface area contributed by atoms with Crippen LogP contribution in [0, 0.1) is 34.0 Å². The Morgan fingerprint density at radius 2 is 2.04 bits per heavy atom. The van der Waals surface area contributed by atoms with Crippen molar-refractivity contribution in [3.8, 4) is 0 Å².